The van der Waals surface area contributed by atoms with Crippen LogP contribution in [0.15, 0.2) is 46.0 Å². The van der Waals surface area contributed by atoms with Gasteiger partial charge in [-0.15, -0.1) is 0 Å². The fraction of sp³-hybridized carbons (Fsp3) is 0.542. The Morgan fingerprint density at radius 3 is 2.52 bits per heavy atom. The summed E-state index contributed by atoms with van der Waals surface area (Å²) in [6.07, 6.45) is 3.59. The van der Waals surface area contributed by atoms with Crippen LogP contribution in [0.3, 0.4) is 0 Å². The predicted octanol–water partition coefficient (Wildman–Crippen LogP) is 3.94. The van der Waals surface area contributed by atoms with Crippen LogP contribution in [0.5, 0.6) is 5.75 Å². The SMILES string of the molecule is Cc1cc(CN(Cc2ccc(OCC(C)C)cc2)C2=NC3(CCN(C)CC3)ON2)co1. The van der Waals surface area contributed by atoms with E-state index in [4.69, 9.17) is 19.0 Å². The Morgan fingerprint density at radius 2 is 1.87 bits per heavy atom. The highest BCUT2D eigenvalue weighted by molar-refractivity contribution is 5.80. The van der Waals surface area contributed by atoms with Crippen LogP contribution < -0.4 is 10.2 Å². The molecule has 2 aliphatic heterocycles. The van der Waals surface area contributed by atoms with Crippen LogP contribution in [-0.2, 0) is 17.9 Å². The molecule has 0 aliphatic carbocycles. The Kier molecular flexibility index (Phi) is 6.53. The molecular formula is C24H34N4O3. The topological polar surface area (TPSA) is 62.5 Å². The lowest BCUT2D eigenvalue weighted by Gasteiger charge is -2.33. The quantitative estimate of drug-likeness (QED) is 0.724. The molecule has 1 aromatic heterocycles. The van der Waals surface area contributed by atoms with E-state index in [9.17, 15) is 0 Å². The minimum Gasteiger partial charge on any atom is -0.493 e. The molecule has 0 saturated carbocycles. The van der Waals surface area contributed by atoms with E-state index in [0.717, 1.165) is 55.6 Å². The van der Waals surface area contributed by atoms with Gasteiger partial charge in [0.25, 0.3) is 0 Å². The highest BCUT2D eigenvalue weighted by atomic mass is 16.7. The first-order valence-electron chi connectivity index (χ1n) is 11.1. The zero-order chi connectivity index (χ0) is 21.8. The lowest BCUT2D eigenvalue weighted by atomic mass is 10.0. The van der Waals surface area contributed by atoms with Gasteiger partial charge in [0.2, 0.25) is 5.96 Å². The molecule has 1 N–H and O–H groups in total. The molecule has 31 heavy (non-hydrogen) atoms. The molecule has 1 aromatic carbocycles. The van der Waals surface area contributed by atoms with E-state index in [1.54, 1.807) is 0 Å². The number of rotatable bonds is 7. The summed E-state index contributed by atoms with van der Waals surface area (Å²) in [7, 11) is 2.14. The zero-order valence-corrected chi connectivity index (χ0v) is 19.1. The summed E-state index contributed by atoms with van der Waals surface area (Å²) in [6.45, 7) is 10.4. The van der Waals surface area contributed by atoms with E-state index in [-0.39, 0.29) is 0 Å². The summed E-state index contributed by atoms with van der Waals surface area (Å²) in [4.78, 5) is 15.5. The van der Waals surface area contributed by atoms with Crippen molar-refractivity contribution in [2.24, 2.45) is 10.9 Å². The highest BCUT2D eigenvalue weighted by Gasteiger charge is 2.40. The molecule has 0 unspecified atom stereocenters. The second-order valence-corrected chi connectivity index (χ2v) is 9.16. The van der Waals surface area contributed by atoms with Gasteiger partial charge in [0.1, 0.15) is 11.5 Å². The maximum atomic E-state index is 6.01. The average Bonchev–Trinajstić information content (AvgIpc) is 3.36. The van der Waals surface area contributed by atoms with Crippen LogP contribution in [0, 0.1) is 12.8 Å². The van der Waals surface area contributed by atoms with Crippen molar-refractivity contribution in [1.82, 2.24) is 15.3 Å². The average molecular weight is 427 g/mol. The molecule has 0 radical (unpaired) electrons. The molecule has 7 nitrogen and oxygen atoms in total. The van der Waals surface area contributed by atoms with Crippen LogP contribution in [-0.4, -0.2) is 48.2 Å². The van der Waals surface area contributed by atoms with Gasteiger partial charge in [-0.2, -0.15) is 0 Å². The molecule has 7 heteroatoms. The van der Waals surface area contributed by atoms with E-state index in [1.807, 2.05) is 25.3 Å². The molecule has 3 heterocycles. The van der Waals surface area contributed by atoms with Crippen LogP contribution in [0.4, 0.5) is 0 Å². The summed E-state index contributed by atoms with van der Waals surface area (Å²) < 4.78 is 11.3. The predicted molar refractivity (Wildman–Crippen MR) is 121 cm³/mol. The molecular weight excluding hydrogens is 392 g/mol. The van der Waals surface area contributed by atoms with Crippen molar-refractivity contribution in [2.45, 2.75) is 52.4 Å². The van der Waals surface area contributed by atoms with Gasteiger partial charge in [-0.25, -0.2) is 15.3 Å². The van der Waals surface area contributed by atoms with E-state index in [2.05, 4.69) is 54.4 Å². The summed E-state index contributed by atoms with van der Waals surface area (Å²) in [5, 5.41) is 0. The molecule has 0 atom stereocenters. The summed E-state index contributed by atoms with van der Waals surface area (Å²) in [5.74, 6) is 3.10. The third-order valence-electron chi connectivity index (χ3n) is 5.75. The van der Waals surface area contributed by atoms with Crippen molar-refractivity contribution >= 4 is 5.96 Å². The number of piperidine rings is 1. The van der Waals surface area contributed by atoms with Crippen molar-refractivity contribution in [3.63, 3.8) is 0 Å². The number of nitrogens with zero attached hydrogens (tertiary/aromatic N) is 3. The molecule has 168 valence electrons. The Morgan fingerprint density at radius 1 is 1.16 bits per heavy atom. The number of guanidine groups is 1. The van der Waals surface area contributed by atoms with E-state index in [1.165, 1.54) is 5.56 Å². The minimum absolute atomic E-state index is 0.457. The van der Waals surface area contributed by atoms with E-state index < -0.39 is 5.72 Å². The summed E-state index contributed by atoms with van der Waals surface area (Å²) in [5.41, 5.74) is 4.97. The third-order valence-corrected chi connectivity index (χ3v) is 5.75. The third kappa shape index (κ3) is 5.60. The van der Waals surface area contributed by atoms with Gasteiger partial charge in [0.05, 0.1) is 12.9 Å². The number of hydrogen-bond acceptors (Lipinski definition) is 7. The van der Waals surface area contributed by atoms with Gasteiger partial charge in [-0.1, -0.05) is 26.0 Å². The Bertz CT molecular complexity index is 882. The lowest BCUT2D eigenvalue weighted by molar-refractivity contribution is -0.0875. The van der Waals surface area contributed by atoms with Crippen molar-refractivity contribution in [3.8, 4) is 5.75 Å². The molecule has 2 aromatic rings. The normalized spacial score (nSPS) is 18.3. The number of likely N-dealkylation sites (tertiary alicyclic amines) is 1. The fourth-order valence-corrected chi connectivity index (χ4v) is 3.88. The van der Waals surface area contributed by atoms with Crippen LogP contribution in [0.2, 0.25) is 0 Å². The van der Waals surface area contributed by atoms with E-state index in [0.29, 0.717) is 19.0 Å². The molecule has 1 saturated heterocycles. The number of hydrogen-bond donors (Lipinski definition) is 1. The van der Waals surface area contributed by atoms with Gasteiger partial charge in [-0.3, -0.25) is 0 Å². The minimum atomic E-state index is -0.457. The van der Waals surface area contributed by atoms with Crippen molar-refractivity contribution in [3.05, 3.63) is 53.5 Å². The van der Waals surface area contributed by atoms with Gasteiger partial charge in [0, 0.05) is 44.6 Å². The Labute approximate surface area is 185 Å². The molecule has 0 bridgehead atoms. The number of aliphatic imine (C=N–C) groups is 1. The van der Waals surface area contributed by atoms with Gasteiger partial charge < -0.3 is 19.0 Å². The van der Waals surface area contributed by atoms with Crippen LogP contribution in [0.1, 0.15) is 43.6 Å². The molecule has 0 amide bonds. The molecule has 1 fully saturated rings. The maximum Gasteiger partial charge on any atom is 0.222 e. The monoisotopic (exact) mass is 426 g/mol. The smallest absolute Gasteiger partial charge is 0.222 e. The molecule has 4 rings (SSSR count). The number of benzene rings is 1. The van der Waals surface area contributed by atoms with Gasteiger partial charge in [-0.05, 0) is 43.7 Å². The first-order chi connectivity index (χ1) is 14.9. The number of aryl methyl sites for hydroxylation is 1. The van der Waals surface area contributed by atoms with Gasteiger partial charge >= 0.3 is 0 Å². The van der Waals surface area contributed by atoms with Gasteiger partial charge in [0.15, 0.2) is 5.72 Å². The Balaban J connectivity index is 1.49. The second-order valence-electron chi connectivity index (χ2n) is 9.16. The first kappa shape index (κ1) is 21.7. The first-order valence-corrected chi connectivity index (χ1v) is 11.1. The number of nitrogens with one attached hydrogen (secondary N) is 1. The standard InChI is InChI=1S/C24H34N4O3/c1-18(2)16-30-22-7-5-20(6-8-22)14-28(15-21-13-19(3)29-17-21)23-25-24(31-26-23)9-11-27(4)12-10-24/h5-8,13,17-18H,9-12,14-16H2,1-4H3,(H,25,26). The number of ether oxygens (including phenoxy) is 1. The fourth-order valence-electron chi connectivity index (χ4n) is 3.88. The molecule has 1 spiro atoms. The largest absolute Gasteiger partial charge is 0.493 e. The highest BCUT2D eigenvalue weighted by Crippen LogP contribution is 2.30. The summed E-state index contributed by atoms with van der Waals surface area (Å²) in [6, 6.07) is 10.4. The number of hydroxylamine groups is 1. The second kappa shape index (κ2) is 9.32. The lowest BCUT2D eigenvalue weighted by Crippen LogP contribution is -2.43. The zero-order valence-electron chi connectivity index (χ0n) is 19.1. The Hall–Kier alpha value is -2.51. The maximum absolute atomic E-state index is 6.01. The number of furan rings is 1. The van der Waals surface area contributed by atoms with Crippen molar-refractivity contribution in [2.75, 3.05) is 26.7 Å². The van der Waals surface area contributed by atoms with Crippen LogP contribution >= 0.6 is 0 Å². The van der Waals surface area contributed by atoms with Crippen molar-refractivity contribution in [1.29, 1.82) is 0 Å². The van der Waals surface area contributed by atoms with Crippen molar-refractivity contribution < 1.29 is 14.0 Å². The van der Waals surface area contributed by atoms with Crippen LogP contribution in [0.25, 0.3) is 0 Å². The van der Waals surface area contributed by atoms with E-state index >= 15 is 0 Å². The summed E-state index contributed by atoms with van der Waals surface area (Å²) >= 11 is 0. The molecule has 2 aliphatic rings.